The van der Waals surface area contributed by atoms with E-state index in [1.165, 1.54) is 4.90 Å². The van der Waals surface area contributed by atoms with E-state index in [-0.39, 0.29) is 30.4 Å². The lowest BCUT2D eigenvalue weighted by molar-refractivity contribution is -0.133. The molecule has 2 aliphatic rings. The van der Waals surface area contributed by atoms with E-state index in [0.717, 1.165) is 24.3 Å². The van der Waals surface area contributed by atoms with Gasteiger partial charge in [0.05, 0.1) is 23.8 Å². The first-order valence-corrected chi connectivity index (χ1v) is 10.9. The maximum atomic E-state index is 12.9. The number of thiophene rings is 1. The van der Waals surface area contributed by atoms with E-state index < -0.39 is 0 Å². The summed E-state index contributed by atoms with van der Waals surface area (Å²) in [5.41, 5.74) is 0.892. The molecular formula is C22H24N2O4S. The van der Waals surface area contributed by atoms with Crippen LogP contribution in [0.4, 0.5) is 0 Å². The summed E-state index contributed by atoms with van der Waals surface area (Å²) in [7, 11) is 0. The molecule has 29 heavy (non-hydrogen) atoms. The third-order valence-electron chi connectivity index (χ3n) is 5.38. The van der Waals surface area contributed by atoms with Crippen molar-refractivity contribution < 1.29 is 19.1 Å². The van der Waals surface area contributed by atoms with Gasteiger partial charge in [0.2, 0.25) is 5.91 Å². The Labute approximate surface area is 174 Å². The number of imide groups is 1. The van der Waals surface area contributed by atoms with Gasteiger partial charge < -0.3 is 9.64 Å². The number of hydrogen-bond acceptors (Lipinski definition) is 5. The average molecular weight is 413 g/mol. The Morgan fingerprint density at radius 1 is 1.14 bits per heavy atom. The highest BCUT2D eigenvalue weighted by molar-refractivity contribution is 7.09. The molecule has 0 N–H and O–H groups in total. The Bertz CT molecular complexity index is 855. The zero-order valence-corrected chi connectivity index (χ0v) is 17.0. The van der Waals surface area contributed by atoms with Gasteiger partial charge in [-0.3, -0.25) is 19.3 Å². The van der Waals surface area contributed by atoms with E-state index in [1.54, 1.807) is 35.6 Å². The predicted molar refractivity (Wildman–Crippen MR) is 110 cm³/mol. The maximum absolute atomic E-state index is 12.9. The van der Waals surface area contributed by atoms with E-state index in [0.29, 0.717) is 37.1 Å². The lowest BCUT2D eigenvalue weighted by Gasteiger charge is -2.25. The first kappa shape index (κ1) is 19.8. The van der Waals surface area contributed by atoms with E-state index in [9.17, 15) is 14.4 Å². The quantitative estimate of drug-likeness (QED) is 0.624. The number of hydrogen-bond donors (Lipinski definition) is 0. The van der Waals surface area contributed by atoms with Crippen LogP contribution in [-0.2, 0) is 16.1 Å². The van der Waals surface area contributed by atoms with Gasteiger partial charge >= 0.3 is 0 Å². The first-order valence-electron chi connectivity index (χ1n) is 10.0. The summed E-state index contributed by atoms with van der Waals surface area (Å²) >= 11 is 1.63. The topological polar surface area (TPSA) is 66.9 Å². The zero-order chi connectivity index (χ0) is 20.2. The van der Waals surface area contributed by atoms with Crippen molar-refractivity contribution in [2.45, 2.75) is 38.3 Å². The number of carbonyl (C=O) groups excluding carboxylic acids is 3. The summed E-state index contributed by atoms with van der Waals surface area (Å²) in [6.07, 6.45) is 2.85. The van der Waals surface area contributed by atoms with Crippen molar-refractivity contribution in [2.75, 3.05) is 19.7 Å². The second-order valence-electron chi connectivity index (χ2n) is 7.40. The number of amides is 3. The molecule has 2 aliphatic heterocycles. The molecule has 7 heteroatoms. The monoisotopic (exact) mass is 412 g/mol. The second-order valence-corrected chi connectivity index (χ2v) is 8.43. The minimum atomic E-state index is -0.271. The summed E-state index contributed by atoms with van der Waals surface area (Å²) < 4.78 is 5.71. The van der Waals surface area contributed by atoms with Crippen molar-refractivity contribution >= 4 is 29.1 Å². The van der Waals surface area contributed by atoms with Crippen LogP contribution in [0.2, 0.25) is 0 Å². The van der Waals surface area contributed by atoms with Crippen LogP contribution in [0.3, 0.4) is 0 Å². The molecule has 1 aromatic heterocycles. The highest BCUT2D eigenvalue weighted by Crippen LogP contribution is 2.23. The molecule has 0 bridgehead atoms. The third-order valence-corrected chi connectivity index (χ3v) is 6.24. The van der Waals surface area contributed by atoms with Crippen molar-refractivity contribution in [1.29, 1.82) is 0 Å². The summed E-state index contributed by atoms with van der Waals surface area (Å²) in [5, 5.41) is 2.01. The molecule has 0 saturated carbocycles. The Balaban J connectivity index is 1.34. The highest BCUT2D eigenvalue weighted by Gasteiger charge is 2.34. The minimum Gasteiger partial charge on any atom is -0.376 e. The zero-order valence-electron chi connectivity index (χ0n) is 16.2. The van der Waals surface area contributed by atoms with Gasteiger partial charge in [-0.25, -0.2) is 0 Å². The lowest BCUT2D eigenvalue weighted by Crippen LogP contribution is -2.37. The normalized spacial score (nSPS) is 18.3. The summed E-state index contributed by atoms with van der Waals surface area (Å²) in [4.78, 5) is 42.0. The van der Waals surface area contributed by atoms with Crippen molar-refractivity contribution in [3.63, 3.8) is 0 Å². The minimum absolute atomic E-state index is 0.0329. The largest absolute Gasteiger partial charge is 0.376 e. The van der Waals surface area contributed by atoms with Gasteiger partial charge in [-0.2, -0.15) is 0 Å². The fourth-order valence-corrected chi connectivity index (χ4v) is 4.59. The second kappa shape index (κ2) is 8.88. The number of carbonyl (C=O) groups is 3. The molecule has 1 aromatic carbocycles. The van der Waals surface area contributed by atoms with Gasteiger partial charge in [-0.1, -0.05) is 18.2 Å². The van der Waals surface area contributed by atoms with Crippen LogP contribution in [0, 0.1) is 0 Å². The van der Waals surface area contributed by atoms with Crippen LogP contribution in [-0.4, -0.2) is 53.3 Å². The van der Waals surface area contributed by atoms with E-state index in [1.807, 2.05) is 22.4 Å². The fourth-order valence-electron chi connectivity index (χ4n) is 3.87. The molecule has 1 fully saturated rings. The van der Waals surface area contributed by atoms with Gasteiger partial charge in [-0.15, -0.1) is 11.3 Å². The number of fused-ring (bicyclic) bond motifs is 1. The first-order chi connectivity index (χ1) is 14.1. The SMILES string of the molecule is O=C(CCCN1C(=O)c2ccccc2C1=O)N(Cc1cccs1)C[C@@H]1CCCO1. The van der Waals surface area contributed by atoms with E-state index >= 15 is 0 Å². The molecule has 3 amide bonds. The molecule has 4 rings (SSSR count). The summed E-state index contributed by atoms with van der Waals surface area (Å²) in [6.45, 7) is 2.17. The predicted octanol–water partition coefficient (Wildman–Crippen LogP) is 3.33. The van der Waals surface area contributed by atoms with Crippen LogP contribution in [0.25, 0.3) is 0 Å². The smallest absolute Gasteiger partial charge is 0.261 e. The molecule has 0 spiro atoms. The molecule has 0 aliphatic carbocycles. The molecule has 0 unspecified atom stereocenters. The number of benzene rings is 1. The number of rotatable bonds is 8. The van der Waals surface area contributed by atoms with Gasteiger partial charge in [0.25, 0.3) is 11.8 Å². The maximum Gasteiger partial charge on any atom is 0.261 e. The molecule has 6 nitrogen and oxygen atoms in total. The number of ether oxygens (including phenoxy) is 1. The lowest BCUT2D eigenvalue weighted by atomic mass is 10.1. The Kier molecular flexibility index (Phi) is 6.06. The standard InChI is InChI=1S/C22H24N2O4S/c25-20(23(14-16-6-4-12-28-16)15-17-7-5-13-29-17)10-3-11-24-21(26)18-8-1-2-9-19(18)22(24)27/h1-2,5,7-9,13,16H,3-4,6,10-12,14-15H2/t16-/m0/s1. The Morgan fingerprint density at radius 2 is 1.90 bits per heavy atom. The molecule has 0 radical (unpaired) electrons. The molecule has 3 heterocycles. The van der Waals surface area contributed by atoms with Gasteiger partial charge in [0.15, 0.2) is 0 Å². The van der Waals surface area contributed by atoms with Crippen LogP contribution >= 0.6 is 11.3 Å². The van der Waals surface area contributed by atoms with Gasteiger partial charge in [-0.05, 0) is 42.8 Å². The van der Waals surface area contributed by atoms with Crippen LogP contribution in [0.15, 0.2) is 41.8 Å². The molecule has 152 valence electrons. The average Bonchev–Trinajstić information content (AvgIpc) is 3.47. The van der Waals surface area contributed by atoms with Gasteiger partial charge in [0, 0.05) is 31.0 Å². The molecule has 2 aromatic rings. The van der Waals surface area contributed by atoms with Crippen molar-refractivity contribution in [2.24, 2.45) is 0 Å². The molecule has 1 saturated heterocycles. The summed E-state index contributed by atoms with van der Waals surface area (Å²) in [5.74, 6) is -0.508. The Morgan fingerprint density at radius 3 is 2.52 bits per heavy atom. The third kappa shape index (κ3) is 4.41. The van der Waals surface area contributed by atoms with Crippen LogP contribution in [0.1, 0.15) is 51.3 Å². The highest BCUT2D eigenvalue weighted by atomic mass is 32.1. The van der Waals surface area contributed by atoms with E-state index in [4.69, 9.17) is 4.74 Å². The molecule has 1 atom stereocenters. The van der Waals surface area contributed by atoms with Gasteiger partial charge in [0.1, 0.15) is 0 Å². The van der Waals surface area contributed by atoms with E-state index in [2.05, 4.69) is 0 Å². The van der Waals surface area contributed by atoms with Crippen molar-refractivity contribution in [1.82, 2.24) is 9.80 Å². The van der Waals surface area contributed by atoms with Crippen molar-refractivity contribution in [3.8, 4) is 0 Å². The van der Waals surface area contributed by atoms with Crippen LogP contribution in [0.5, 0.6) is 0 Å². The summed E-state index contributed by atoms with van der Waals surface area (Å²) in [6, 6.07) is 10.9. The fraction of sp³-hybridized carbons (Fsp3) is 0.409. The molecular weight excluding hydrogens is 388 g/mol. The Hall–Kier alpha value is -2.51. The number of nitrogens with zero attached hydrogens (tertiary/aromatic N) is 2. The van der Waals surface area contributed by atoms with Crippen molar-refractivity contribution in [3.05, 3.63) is 57.8 Å². The van der Waals surface area contributed by atoms with Crippen LogP contribution < -0.4 is 0 Å².